The Morgan fingerprint density at radius 3 is 3.00 bits per heavy atom. The van der Waals surface area contributed by atoms with Crippen LogP contribution < -0.4 is 5.73 Å². The van der Waals surface area contributed by atoms with E-state index in [0.29, 0.717) is 12.3 Å². The third-order valence-corrected chi connectivity index (χ3v) is 2.89. The predicted octanol–water partition coefficient (Wildman–Crippen LogP) is -0.0454. The number of rotatable bonds is 4. The van der Waals surface area contributed by atoms with Gasteiger partial charge in [0.15, 0.2) is 0 Å². The summed E-state index contributed by atoms with van der Waals surface area (Å²) in [6, 6.07) is -0.345. The minimum Gasteiger partial charge on any atom is -0.396 e. The molecule has 1 aliphatic heterocycles. The first-order valence-electron chi connectivity index (χ1n) is 5.34. The average Bonchev–Trinajstić information content (AvgIpc) is 2.64. The van der Waals surface area contributed by atoms with E-state index >= 15 is 0 Å². The molecule has 1 amide bonds. The highest BCUT2D eigenvalue weighted by Crippen LogP contribution is 2.19. The quantitative estimate of drug-likeness (QED) is 0.669. The second-order valence-corrected chi connectivity index (χ2v) is 3.97. The molecule has 0 bridgehead atoms. The minimum absolute atomic E-state index is 0.0629. The molecule has 0 saturated carbocycles. The molecule has 2 atom stereocenters. The summed E-state index contributed by atoms with van der Waals surface area (Å²) in [5, 5.41) is 8.78. The number of aliphatic hydroxyl groups is 1. The normalized spacial score (nSPS) is 23.9. The molecule has 0 aliphatic carbocycles. The maximum absolute atomic E-state index is 11.7. The molecule has 0 aromatic heterocycles. The van der Waals surface area contributed by atoms with Gasteiger partial charge in [-0.2, -0.15) is 0 Å². The Labute approximate surface area is 85.1 Å². The molecule has 1 unspecified atom stereocenters. The number of carbonyl (C=O) groups excluding carboxylic acids is 1. The van der Waals surface area contributed by atoms with E-state index in [1.165, 1.54) is 0 Å². The number of likely N-dealkylation sites (tertiary alicyclic amines) is 1. The average molecular weight is 200 g/mol. The Hall–Kier alpha value is -0.610. The lowest BCUT2D eigenvalue weighted by Gasteiger charge is -2.19. The van der Waals surface area contributed by atoms with Crippen LogP contribution in [0.15, 0.2) is 0 Å². The number of nitrogens with zero attached hydrogens (tertiary/aromatic N) is 1. The molecule has 0 radical (unpaired) electrons. The molecule has 82 valence electrons. The summed E-state index contributed by atoms with van der Waals surface area (Å²) < 4.78 is 0. The van der Waals surface area contributed by atoms with E-state index in [0.717, 1.165) is 25.9 Å². The highest BCUT2D eigenvalue weighted by molar-refractivity contribution is 5.81. The largest absolute Gasteiger partial charge is 0.396 e. The van der Waals surface area contributed by atoms with Crippen LogP contribution in [0.5, 0.6) is 0 Å². The summed E-state index contributed by atoms with van der Waals surface area (Å²) >= 11 is 0. The number of hydrogen-bond donors (Lipinski definition) is 2. The highest BCUT2D eigenvalue weighted by Gasteiger charge is 2.27. The predicted molar refractivity (Wildman–Crippen MR) is 54.7 cm³/mol. The Balaban J connectivity index is 2.37. The van der Waals surface area contributed by atoms with Gasteiger partial charge >= 0.3 is 0 Å². The molecule has 0 spiro atoms. The molecule has 1 saturated heterocycles. The van der Waals surface area contributed by atoms with E-state index in [4.69, 9.17) is 10.8 Å². The Morgan fingerprint density at radius 1 is 1.71 bits per heavy atom. The molecule has 14 heavy (non-hydrogen) atoms. The van der Waals surface area contributed by atoms with Crippen LogP contribution in [-0.4, -0.2) is 41.7 Å². The smallest absolute Gasteiger partial charge is 0.239 e. The van der Waals surface area contributed by atoms with E-state index in [2.05, 4.69) is 0 Å². The van der Waals surface area contributed by atoms with E-state index in [9.17, 15) is 4.79 Å². The summed E-state index contributed by atoms with van der Waals surface area (Å²) in [4.78, 5) is 13.5. The fraction of sp³-hybridized carbons (Fsp3) is 0.900. The Bertz CT molecular complexity index is 197. The van der Waals surface area contributed by atoms with Gasteiger partial charge in [-0.1, -0.05) is 6.92 Å². The number of nitrogens with two attached hydrogens (primary N) is 1. The molecule has 4 heteroatoms. The van der Waals surface area contributed by atoms with Crippen molar-refractivity contribution in [1.82, 2.24) is 4.90 Å². The topological polar surface area (TPSA) is 66.6 Å². The maximum Gasteiger partial charge on any atom is 0.239 e. The van der Waals surface area contributed by atoms with Crippen molar-refractivity contribution in [2.24, 2.45) is 11.7 Å². The lowest BCUT2D eigenvalue weighted by Crippen LogP contribution is -2.42. The molecule has 0 aromatic rings. The van der Waals surface area contributed by atoms with E-state index < -0.39 is 0 Å². The van der Waals surface area contributed by atoms with Gasteiger partial charge in [-0.25, -0.2) is 0 Å². The van der Waals surface area contributed by atoms with E-state index in [1.54, 1.807) is 0 Å². The Morgan fingerprint density at radius 2 is 2.43 bits per heavy atom. The van der Waals surface area contributed by atoms with Crippen LogP contribution in [0.4, 0.5) is 0 Å². The van der Waals surface area contributed by atoms with Gasteiger partial charge in [0.25, 0.3) is 0 Å². The molecule has 1 aliphatic rings. The molecule has 1 rings (SSSR count). The first-order chi connectivity index (χ1) is 6.69. The first kappa shape index (κ1) is 11.5. The summed E-state index contributed by atoms with van der Waals surface area (Å²) in [5.41, 5.74) is 5.68. The lowest BCUT2D eigenvalue weighted by atomic mass is 10.1. The zero-order valence-electron chi connectivity index (χ0n) is 8.78. The van der Waals surface area contributed by atoms with Crippen molar-refractivity contribution in [3.63, 3.8) is 0 Å². The summed E-state index contributed by atoms with van der Waals surface area (Å²) in [7, 11) is 0. The monoisotopic (exact) mass is 200 g/mol. The van der Waals surface area contributed by atoms with Crippen molar-refractivity contribution < 1.29 is 9.90 Å². The van der Waals surface area contributed by atoms with Gasteiger partial charge in [0.2, 0.25) is 5.91 Å². The summed E-state index contributed by atoms with van der Waals surface area (Å²) in [6.07, 6.45) is 2.49. The summed E-state index contributed by atoms with van der Waals surface area (Å²) in [5.74, 6) is 0.529. The minimum atomic E-state index is -0.345. The standard InChI is InChI=1S/C10H20N2O2/c1-2-9(11)10(14)12-5-3-8(7-12)4-6-13/h8-9,13H,2-7,11H2,1H3/t8?,9-/m1/s1. The van der Waals surface area contributed by atoms with E-state index in [-0.39, 0.29) is 18.6 Å². The molecule has 4 nitrogen and oxygen atoms in total. The van der Waals surface area contributed by atoms with Crippen molar-refractivity contribution in [1.29, 1.82) is 0 Å². The second-order valence-electron chi connectivity index (χ2n) is 3.97. The lowest BCUT2D eigenvalue weighted by molar-refractivity contribution is -0.131. The van der Waals surface area contributed by atoms with Crippen molar-refractivity contribution in [3.8, 4) is 0 Å². The number of aliphatic hydroxyl groups excluding tert-OH is 1. The SMILES string of the molecule is CC[C@@H](N)C(=O)N1CCC(CCO)C1. The van der Waals surface area contributed by atoms with E-state index in [1.807, 2.05) is 11.8 Å². The van der Waals surface area contributed by atoms with Crippen molar-refractivity contribution in [2.75, 3.05) is 19.7 Å². The van der Waals surface area contributed by atoms with Gasteiger partial charge in [-0.05, 0) is 25.2 Å². The van der Waals surface area contributed by atoms with Crippen LogP contribution in [0.1, 0.15) is 26.2 Å². The van der Waals surface area contributed by atoms with Gasteiger partial charge in [0.05, 0.1) is 6.04 Å². The van der Waals surface area contributed by atoms with Crippen molar-refractivity contribution in [3.05, 3.63) is 0 Å². The molecule has 1 fully saturated rings. The molecule has 1 heterocycles. The van der Waals surface area contributed by atoms with Crippen LogP contribution in [-0.2, 0) is 4.79 Å². The van der Waals surface area contributed by atoms with Gasteiger partial charge in [-0.3, -0.25) is 4.79 Å². The number of carbonyl (C=O) groups is 1. The van der Waals surface area contributed by atoms with Crippen molar-refractivity contribution >= 4 is 5.91 Å². The maximum atomic E-state index is 11.7. The van der Waals surface area contributed by atoms with Crippen LogP contribution in [0.3, 0.4) is 0 Å². The van der Waals surface area contributed by atoms with Crippen LogP contribution in [0, 0.1) is 5.92 Å². The fourth-order valence-corrected chi connectivity index (χ4v) is 1.86. The zero-order chi connectivity index (χ0) is 10.6. The molecular formula is C10H20N2O2. The van der Waals surface area contributed by atoms with Crippen molar-refractivity contribution in [2.45, 2.75) is 32.2 Å². The van der Waals surface area contributed by atoms with Crippen LogP contribution in [0.2, 0.25) is 0 Å². The number of amides is 1. The molecule has 3 N–H and O–H groups in total. The first-order valence-corrected chi connectivity index (χ1v) is 5.34. The fourth-order valence-electron chi connectivity index (χ4n) is 1.86. The highest BCUT2D eigenvalue weighted by atomic mass is 16.3. The van der Waals surface area contributed by atoms with Gasteiger partial charge < -0.3 is 15.7 Å². The Kier molecular flexibility index (Phi) is 4.35. The van der Waals surface area contributed by atoms with Gasteiger partial charge in [0, 0.05) is 19.7 Å². The zero-order valence-corrected chi connectivity index (χ0v) is 8.78. The van der Waals surface area contributed by atoms with Gasteiger partial charge in [-0.15, -0.1) is 0 Å². The second kappa shape index (κ2) is 5.32. The van der Waals surface area contributed by atoms with Crippen LogP contribution in [0.25, 0.3) is 0 Å². The third-order valence-electron chi connectivity index (χ3n) is 2.89. The van der Waals surface area contributed by atoms with Crippen LogP contribution >= 0.6 is 0 Å². The third kappa shape index (κ3) is 2.69. The summed E-state index contributed by atoms with van der Waals surface area (Å²) in [6.45, 7) is 3.71. The van der Waals surface area contributed by atoms with Gasteiger partial charge in [0.1, 0.15) is 0 Å². The number of hydrogen-bond acceptors (Lipinski definition) is 3. The molecular weight excluding hydrogens is 180 g/mol. The molecule has 0 aromatic carbocycles.